The lowest BCUT2D eigenvalue weighted by Gasteiger charge is -2.39. The van der Waals surface area contributed by atoms with Crippen molar-refractivity contribution in [2.24, 2.45) is 0 Å². The van der Waals surface area contributed by atoms with Crippen molar-refractivity contribution in [2.75, 3.05) is 27.8 Å². The van der Waals surface area contributed by atoms with Gasteiger partial charge in [-0.3, -0.25) is 4.90 Å². The molecular weight excluding hydrogens is 250 g/mol. The van der Waals surface area contributed by atoms with Crippen LogP contribution >= 0.6 is 0 Å². The monoisotopic (exact) mass is 273 g/mol. The summed E-state index contributed by atoms with van der Waals surface area (Å²) < 4.78 is 10.8. The summed E-state index contributed by atoms with van der Waals surface area (Å²) in [6, 6.07) is 6.93. The molecule has 3 nitrogen and oxygen atoms in total. The van der Waals surface area contributed by atoms with E-state index in [9.17, 15) is 0 Å². The molecule has 3 heteroatoms. The van der Waals surface area contributed by atoms with Gasteiger partial charge in [0.1, 0.15) is 0 Å². The summed E-state index contributed by atoms with van der Waals surface area (Å²) in [4.78, 5) is 2.46. The molecule has 3 rings (SSSR count). The van der Waals surface area contributed by atoms with E-state index in [1.807, 2.05) is 6.07 Å². The minimum Gasteiger partial charge on any atom is -0.493 e. The summed E-state index contributed by atoms with van der Waals surface area (Å²) >= 11 is 0. The summed E-state index contributed by atoms with van der Waals surface area (Å²) in [5, 5.41) is 0. The van der Waals surface area contributed by atoms with Crippen LogP contribution in [0, 0.1) is 0 Å². The summed E-state index contributed by atoms with van der Waals surface area (Å²) in [5.41, 5.74) is 1.62. The maximum atomic E-state index is 5.48. The number of hydrogen-bond donors (Lipinski definition) is 0. The highest BCUT2D eigenvalue weighted by Gasteiger charge is 2.46. The van der Waals surface area contributed by atoms with Gasteiger partial charge in [-0.1, -0.05) is 18.2 Å². The molecule has 1 fully saturated rings. The highest BCUT2D eigenvalue weighted by molar-refractivity contribution is 5.47. The van der Waals surface area contributed by atoms with Crippen LogP contribution < -0.4 is 9.47 Å². The predicted molar refractivity (Wildman–Crippen MR) is 80.6 cm³/mol. The van der Waals surface area contributed by atoms with Gasteiger partial charge in [0.25, 0.3) is 0 Å². The van der Waals surface area contributed by atoms with E-state index in [-0.39, 0.29) is 5.41 Å². The number of ether oxygens (including phenoxy) is 2. The summed E-state index contributed by atoms with van der Waals surface area (Å²) in [6.07, 6.45) is 8.30. The van der Waals surface area contributed by atoms with Crippen LogP contribution in [0.1, 0.15) is 24.8 Å². The van der Waals surface area contributed by atoms with Crippen LogP contribution in [0.4, 0.5) is 0 Å². The van der Waals surface area contributed by atoms with Crippen LogP contribution in [0.25, 0.3) is 0 Å². The van der Waals surface area contributed by atoms with Crippen molar-refractivity contribution in [3.8, 4) is 11.5 Å². The van der Waals surface area contributed by atoms with E-state index in [1.165, 1.54) is 24.8 Å². The van der Waals surface area contributed by atoms with Gasteiger partial charge in [0.2, 0.25) is 0 Å². The fraction of sp³-hybridized carbons (Fsp3) is 0.529. The number of nitrogens with zero attached hydrogens (tertiary/aromatic N) is 1. The van der Waals surface area contributed by atoms with Crippen molar-refractivity contribution in [2.45, 2.75) is 30.7 Å². The molecule has 2 aliphatic rings. The molecule has 2 atom stereocenters. The number of fused-ring (bicyclic) bond motifs is 1. The smallest absolute Gasteiger partial charge is 0.161 e. The fourth-order valence-corrected chi connectivity index (χ4v) is 3.86. The first-order valence-corrected chi connectivity index (χ1v) is 7.31. The first-order valence-electron chi connectivity index (χ1n) is 7.31. The minimum absolute atomic E-state index is 0.239. The number of benzene rings is 1. The van der Waals surface area contributed by atoms with Crippen molar-refractivity contribution in [1.29, 1.82) is 0 Å². The summed E-state index contributed by atoms with van der Waals surface area (Å²) in [7, 11) is 5.62. The molecule has 108 valence electrons. The third kappa shape index (κ3) is 1.92. The number of likely N-dealkylation sites (tertiary alicyclic amines) is 1. The quantitative estimate of drug-likeness (QED) is 0.790. The Bertz CT molecular complexity index is 526. The topological polar surface area (TPSA) is 21.7 Å². The highest BCUT2D eigenvalue weighted by Crippen LogP contribution is 2.47. The maximum absolute atomic E-state index is 5.48. The van der Waals surface area contributed by atoms with Crippen molar-refractivity contribution in [3.05, 3.63) is 35.9 Å². The van der Waals surface area contributed by atoms with Gasteiger partial charge in [-0.2, -0.15) is 0 Å². The molecule has 0 unspecified atom stereocenters. The second-order valence-electron chi connectivity index (χ2n) is 5.87. The first-order chi connectivity index (χ1) is 9.71. The maximum Gasteiger partial charge on any atom is 0.161 e. The molecule has 20 heavy (non-hydrogen) atoms. The lowest BCUT2D eigenvalue weighted by molar-refractivity contribution is 0.270. The van der Waals surface area contributed by atoms with Crippen molar-refractivity contribution in [3.63, 3.8) is 0 Å². The largest absolute Gasteiger partial charge is 0.493 e. The number of methoxy groups -OCH3 is 2. The third-order valence-corrected chi connectivity index (χ3v) is 4.99. The molecular formula is C17H23NO2. The van der Waals surface area contributed by atoms with E-state index in [0.717, 1.165) is 18.0 Å². The third-order valence-electron chi connectivity index (χ3n) is 4.99. The molecule has 0 spiro atoms. The lowest BCUT2D eigenvalue weighted by Crippen LogP contribution is -2.41. The fourth-order valence-electron chi connectivity index (χ4n) is 3.86. The summed E-state index contributed by atoms with van der Waals surface area (Å²) in [6.45, 7) is 1.16. The molecule has 1 saturated heterocycles. The molecule has 0 amide bonds. The first kappa shape index (κ1) is 13.5. The lowest BCUT2D eigenvalue weighted by atomic mass is 9.68. The molecule has 1 aliphatic carbocycles. The van der Waals surface area contributed by atoms with E-state index in [0.29, 0.717) is 6.04 Å². The van der Waals surface area contributed by atoms with Crippen molar-refractivity contribution < 1.29 is 9.47 Å². The Hall–Kier alpha value is -1.48. The standard InChI is InChI=1S/C17H23NO2/c1-18-11-10-17(9-5-4-6-16(17)18)13-7-8-14(19-2)15(12-13)20-3/h4,6-8,12,16H,5,9-11H2,1-3H3/t16-,17-/m0/s1. The molecule has 0 bridgehead atoms. The Labute approximate surface area is 121 Å². The van der Waals surface area contributed by atoms with Gasteiger partial charge in [-0.25, -0.2) is 0 Å². The number of allylic oxidation sites excluding steroid dienone is 1. The van der Waals surface area contributed by atoms with Gasteiger partial charge in [-0.15, -0.1) is 0 Å². The van der Waals surface area contributed by atoms with Crippen LogP contribution in [-0.2, 0) is 5.41 Å². The molecule has 0 N–H and O–H groups in total. The second-order valence-corrected chi connectivity index (χ2v) is 5.87. The van der Waals surface area contributed by atoms with Crippen molar-refractivity contribution >= 4 is 0 Å². The zero-order chi connectivity index (χ0) is 14.2. The molecule has 1 heterocycles. The van der Waals surface area contributed by atoms with Gasteiger partial charge in [0, 0.05) is 11.5 Å². The molecule has 1 aliphatic heterocycles. The zero-order valence-corrected chi connectivity index (χ0v) is 12.6. The van der Waals surface area contributed by atoms with Gasteiger partial charge < -0.3 is 9.47 Å². The molecule has 0 radical (unpaired) electrons. The van der Waals surface area contributed by atoms with Crippen LogP contribution in [0.3, 0.4) is 0 Å². The van der Waals surface area contributed by atoms with Crippen LogP contribution in [0.15, 0.2) is 30.4 Å². The summed E-state index contributed by atoms with van der Waals surface area (Å²) in [5.74, 6) is 1.64. The second kappa shape index (κ2) is 5.13. The average Bonchev–Trinajstić information content (AvgIpc) is 2.85. The van der Waals surface area contributed by atoms with Gasteiger partial charge in [-0.05, 0) is 50.6 Å². The number of likely N-dealkylation sites (N-methyl/N-ethyl adjacent to an activating group) is 1. The normalized spacial score (nSPS) is 29.2. The van der Waals surface area contributed by atoms with Crippen LogP contribution in [0.5, 0.6) is 11.5 Å². The Balaban J connectivity index is 2.05. The number of hydrogen-bond acceptors (Lipinski definition) is 3. The molecule has 0 saturated carbocycles. The van der Waals surface area contributed by atoms with Crippen molar-refractivity contribution in [1.82, 2.24) is 4.90 Å². The van der Waals surface area contributed by atoms with Gasteiger partial charge in [0.05, 0.1) is 14.2 Å². The van der Waals surface area contributed by atoms with E-state index < -0.39 is 0 Å². The molecule has 1 aromatic rings. The predicted octanol–water partition coefficient (Wildman–Crippen LogP) is 3.00. The van der Waals surface area contributed by atoms with Gasteiger partial charge >= 0.3 is 0 Å². The molecule has 0 aromatic heterocycles. The Morgan fingerprint density at radius 2 is 1.95 bits per heavy atom. The zero-order valence-electron chi connectivity index (χ0n) is 12.6. The minimum atomic E-state index is 0.239. The number of rotatable bonds is 3. The average molecular weight is 273 g/mol. The Morgan fingerprint density at radius 1 is 1.15 bits per heavy atom. The Kier molecular flexibility index (Phi) is 3.47. The van der Waals surface area contributed by atoms with Crippen LogP contribution in [0.2, 0.25) is 0 Å². The Morgan fingerprint density at radius 3 is 2.70 bits per heavy atom. The van der Waals surface area contributed by atoms with E-state index >= 15 is 0 Å². The SMILES string of the molecule is COc1ccc([C@@]23CCC=C[C@@H]2N(C)CC3)cc1OC. The highest BCUT2D eigenvalue weighted by atomic mass is 16.5. The van der Waals surface area contributed by atoms with E-state index in [4.69, 9.17) is 9.47 Å². The molecule has 1 aromatic carbocycles. The van der Waals surface area contributed by atoms with E-state index in [1.54, 1.807) is 14.2 Å². The van der Waals surface area contributed by atoms with Gasteiger partial charge in [0.15, 0.2) is 11.5 Å². The van der Waals surface area contributed by atoms with Crippen LogP contribution in [-0.4, -0.2) is 38.8 Å². The van der Waals surface area contributed by atoms with E-state index in [2.05, 4.69) is 36.2 Å².